The van der Waals surface area contributed by atoms with Gasteiger partial charge in [0.1, 0.15) is 6.26 Å². The van der Waals surface area contributed by atoms with E-state index in [1.165, 1.54) is 19.1 Å². The Balaban J connectivity index is 1.85. The summed E-state index contributed by atoms with van der Waals surface area (Å²) in [6, 6.07) is 0.363. The lowest BCUT2D eigenvalue weighted by Gasteiger charge is -2.19. The van der Waals surface area contributed by atoms with Crippen molar-refractivity contribution >= 4 is 12.0 Å². The van der Waals surface area contributed by atoms with Crippen molar-refractivity contribution in [1.29, 1.82) is 0 Å². The Morgan fingerprint density at radius 1 is 1.59 bits per heavy atom. The number of oxazole rings is 1. The van der Waals surface area contributed by atoms with Crippen LogP contribution in [0, 0.1) is 0 Å². The van der Waals surface area contributed by atoms with Crippen LogP contribution in [0.25, 0.3) is 0 Å². The van der Waals surface area contributed by atoms with Crippen LogP contribution in [-0.4, -0.2) is 54.2 Å². The number of aromatic carboxylic acids is 1. The zero-order valence-electron chi connectivity index (χ0n) is 9.93. The van der Waals surface area contributed by atoms with Gasteiger partial charge in [0.15, 0.2) is 5.69 Å². The number of carboxylic acids is 1. The van der Waals surface area contributed by atoms with Gasteiger partial charge in [-0.25, -0.2) is 4.79 Å². The zero-order chi connectivity index (χ0) is 12.3. The van der Waals surface area contributed by atoms with Gasteiger partial charge in [0, 0.05) is 20.1 Å². The Labute approximate surface area is 99.8 Å². The van der Waals surface area contributed by atoms with Gasteiger partial charge < -0.3 is 19.3 Å². The van der Waals surface area contributed by atoms with Gasteiger partial charge in [-0.3, -0.25) is 0 Å². The molecule has 1 aromatic heterocycles. The molecule has 0 aromatic carbocycles. The van der Waals surface area contributed by atoms with Crippen molar-refractivity contribution in [3.05, 3.63) is 12.0 Å². The standard InChI is InChI=1S/C11H17N3O3/c1-13(6-7-14-4-2-3-5-14)11-12-9(8-17-11)10(15)16/h8H,2-7H2,1H3,(H,15,16). The Morgan fingerprint density at radius 2 is 2.29 bits per heavy atom. The van der Waals surface area contributed by atoms with E-state index in [2.05, 4.69) is 9.88 Å². The fourth-order valence-corrected chi connectivity index (χ4v) is 1.93. The molecule has 17 heavy (non-hydrogen) atoms. The largest absolute Gasteiger partial charge is 0.476 e. The number of likely N-dealkylation sites (tertiary alicyclic amines) is 1. The quantitative estimate of drug-likeness (QED) is 0.823. The van der Waals surface area contributed by atoms with Gasteiger partial charge in [-0.15, -0.1) is 0 Å². The molecule has 0 unspecified atom stereocenters. The molecule has 6 heteroatoms. The molecule has 1 aliphatic heterocycles. The lowest BCUT2D eigenvalue weighted by molar-refractivity contribution is 0.0690. The fourth-order valence-electron chi connectivity index (χ4n) is 1.93. The number of hydrogen-bond donors (Lipinski definition) is 1. The second-order valence-electron chi connectivity index (χ2n) is 4.29. The molecule has 6 nitrogen and oxygen atoms in total. The van der Waals surface area contributed by atoms with E-state index in [0.717, 1.165) is 26.2 Å². The van der Waals surface area contributed by atoms with Gasteiger partial charge >= 0.3 is 5.97 Å². The fraction of sp³-hybridized carbons (Fsp3) is 0.636. The topological polar surface area (TPSA) is 69.8 Å². The van der Waals surface area contributed by atoms with Crippen molar-refractivity contribution in [3.8, 4) is 0 Å². The monoisotopic (exact) mass is 239 g/mol. The molecule has 0 atom stereocenters. The summed E-state index contributed by atoms with van der Waals surface area (Å²) in [5.74, 6) is -1.06. The number of nitrogens with zero attached hydrogens (tertiary/aromatic N) is 3. The number of carbonyl (C=O) groups is 1. The summed E-state index contributed by atoms with van der Waals surface area (Å²) in [6.07, 6.45) is 3.71. The highest BCUT2D eigenvalue weighted by Crippen LogP contribution is 2.13. The van der Waals surface area contributed by atoms with Crippen molar-refractivity contribution in [2.24, 2.45) is 0 Å². The molecule has 1 saturated heterocycles. The van der Waals surface area contributed by atoms with Crippen LogP contribution in [0.4, 0.5) is 6.01 Å². The molecule has 2 rings (SSSR count). The normalized spacial score (nSPS) is 16.3. The number of anilines is 1. The molecule has 0 aliphatic carbocycles. The molecule has 0 spiro atoms. The number of rotatable bonds is 5. The molecule has 0 amide bonds. The Hall–Kier alpha value is -1.56. The van der Waals surface area contributed by atoms with E-state index in [0.29, 0.717) is 6.01 Å². The van der Waals surface area contributed by atoms with E-state index >= 15 is 0 Å². The van der Waals surface area contributed by atoms with Gasteiger partial charge in [0.05, 0.1) is 0 Å². The smallest absolute Gasteiger partial charge is 0.357 e. The zero-order valence-corrected chi connectivity index (χ0v) is 9.93. The first-order chi connectivity index (χ1) is 8.16. The van der Waals surface area contributed by atoms with Crippen LogP contribution < -0.4 is 4.90 Å². The first kappa shape index (κ1) is 11.9. The summed E-state index contributed by atoms with van der Waals surface area (Å²) in [5.41, 5.74) is -0.0481. The molecule has 0 radical (unpaired) electrons. The maximum absolute atomic E-state index is 10.7. The third-order valence-electron chi connectivity index (χ3n) is 2.99. The highest BCUT2D eigenvalue weighted by Gasteiger charge is 2.16. The summed E-state index contributed by atoms with van der Waals surface area (Å²) >= 11 is 0. The summed E-state index contributed by atoms with van der Waals surface area (Å²) in [4.78, 5) is 18.8. The number of likely N-dealkylation sites (N-methyl/N-ethyl adjacent to an activating group) is 1. The maximum Gasteiger partial charge on any atom is 0.357 e. The third kappa shape index (κ3) is 2.97. The Kier molecular flexibility index (Phi) is 3.63. The minimum atomic E-state index is -1.06. The minimum Gasteiger partial charge on any atom is -0.476 e. The van der Waals surface area contributed by atoms with Crippen molar-refractivity contribution in [2.45, 2.75) is 12.8 Å². The van der Waals surface area contributed by atoms with Gasteiger partial charge in [-0.2, -0.15) is 4.98 Å². The SMILES string of the molecule is CN(CCN1CCCC1)c1nc(C(=O)O)co1. The maximum atomic E-state index is 10.7. The van der Waals surface area contributed by atoms with Crippen molar-refractivity contribution < 1.29 is 14.3 Å². The van der Waals surface area contributed by atoms with Gasteiger partial charge in [0.2, 0.25) is 0 Å². The molecule has 1 fully saturated rings. The Bertz CT molecular complexity index is 385. The van der Waals surface area contributed by atoms with Crippen LogP contribution in [0.5, 0.6) is 0 Å². The van der Waals surface area contributed by atoms with E-state index in [1.54, 1.807) is 0 Å². The van der Waals surface area contributed by atoms with Crippen LogP contribution in [-0.2, 0) is 0 Å². The van der Waals surface area contributed by atoms with Crippen LogP contribution >= 0.6 is 0 Å². The second-order valence-corrected chi connectivity index (χ2v) is 4.29. The number of carboxylic acid groups (broad SMARTS) is 1. The minimum absolute atomic E-state index is 0.0481. The molecule has 0 saturated carbocycles. The van der Waals surface area contributed by atoms with Gasteiger partial charge in [-0.1, -0.05) is 0 Å². The van der Waals surface area contributed by atoms with Crippen LogP contribution in [0.3, 0.4) is 0 Å². The predicted octanol–water partition coefficient (Wildman–Crippen LogP) is 0.905. The van der Waals surface area contributed by atoms with Crippen LogP contribution in [0.2, 0.25) is 0 Å². The molecule has 94 valence electrons. The van der Waals surface area contributed by atoms with Crippen molar-refractivity contribution in [1.82, 2.24) is 9.88 Å². The lowest BCUT2D eigenvalue weighted by Crippen LogP contribution is -2.31. The van der Waals surface area contributed by atoms with E-state index in [-0.39, 0.29) is 5.69 Å². The molecular weight excluding hydrogens is 222 g/mol. The molecule has 0 bridgehead atoms. The highest BCUT2D eigenvalue weighted by atomic mass is 16.4. The average molecular weight is 239 g/mol. The van der Waals surface area contributed by atoms with E-state index in [4.69, 9.17) is 9.52 Å². The molecule has 1 aliphatic rings. The summed E-state index contributed by atoms with van der Waals surface area (Å²) < 4.78 is 5.12. The molecule has 1 N–H and O–H groups in total. The van der Waals surface area contributed by atoms with E-state index in [1.807, 2.05) is 11.9 Å². The Morgan fingerprint density at radius 3 is 2.88 bits per heavy atom. The van der Waals surface area contributed by atoms with Crippen molar-refractivity contribution in [2.75, 3.05) is 38.1 Å². The number of aromatic nitrogens is 1. The average Bonchev–Trinajstić information content (AvgIpc) is 2.96. The summed E-state index contributed by atoms with van der Waals surface area (Å²) in [6.45, 7) is 4.06. The first-order valence-corrected chi connectivity index (χ1v) is 5.79. The predicted molar refractivity (Wildman–Crippen MR) is 62.4 cm³/mol. The summed E-state index contributed by atoms with van der Waals surface area (Å²) in [7, 11) is 1.85. The third-order valence-corrected chi connectivity index (χ3v) is 2.99. The second kappa shape index (κ2) is 5.18. The highest BCUT2D eigenvalue weighted by molar-refractivity contribution is 5.85. The van der Waals surface area contributed by atoms with E-state index in [9.17, 15) is 4.79 Å². The molecule has 1 aromatic rings. The molecular formula is C11H17N3O3. The van der Waals surface area contributed by atoms with Gasteiger partial charge in [-0.05, 0) is 25.9 Å². The van der Waals surface area contributed by atoms with E-state index < -0.39 is 5.97 Å². The van der Waals surface area contributed by atoms with Crippen LogP contribution in [0.1, 0.15) is 23.3 Å². The van der Waals surface area contributed by atoms with Gasteiger partial charge in [0.25, 0.3) is 6.01 Å². The molecule has 2 heterocycles. The first-order valence-electron chi connectivity index (χ1n) is 5.79. The lowest BCUT2D eigenvalue weighted by atomic mass is 10.4. The van der Waals surface area contributed by atoms with Crippen molar-refractivity contribution in [3.63, 3.8) is 0 Å². The van der Waals surface area contributed by atoms with Crippen LogP contribution in [0.15, 0.2) is 10.7 Å². The summed E-state index contributed by atoms with van der Waals surface area (Å²) in [5, 5.41) is 8.73. The number of hydrogen-bond acceptors (Lipinski definition) is 5.